The van der Waals surface area contributed by atoms with Crippen LogP contribution in [0.4, 0.5) is 4.39 Å². The molecule has 1 aliphatic carbocycles. The number of nitrogens with zero attached hydrogens (tertiary/aromatic N) is 4. The summed E-state index contributed by atoms with van der Waals surface area (Å²) in [7, 11) is -1.07. The third kappa shape index (κ3) is 3.92. The molecule has 6 nitrogen and oxygen atoms in total. The van der Waals surface area contributed by atoms with Gasteiger partial charge in [-0.25, -0.2) is 12.9 Å². The van der Waals surface area contributed by atoms with Gasteiger partial charge < -0.3 is 4.90 Å². The average Bonchev–Trinajstić information content (AvgIpc) is 3.64. The number of carbonyl (C=O) groups is 1. The highest BCUT2D eigenvalue weighted by atomic mass is 32.2. The number of fused-ring (bicyclic) bond motifs is 1. The van der Waals surface area contributed by atoms with Gasteiger partial charge in [0.15, 0.2) is 0 Å². The number of halogens is 1. The summed E-state index contributed by atoms with van der Waals surface area (Å²) in [5.41, 5.74) is 3.00. The van der Waals surface area contributed by atoms with E-state index in [4.69, 9.17) is 0 Å². The summed E-state index contributed by atoms with van der Waals surface area (Å²) in [5.74, 6) is -0.572. The second-order valence-electron chi connectivity index (χ2n) is 8.62. The average molecular weight is 463 g/mol. The Bertz CT molecular complexity index is 1310. The second kappa shape index (κ2) is 8.32. The lowest BCUT2D eigenvalue weighted by Gasteiger charge is -2.33. The van der Waals surface area contributed by atoms with Gasteiger partial charge >= 0.3 is 0 Å². The number of amides is 1. The first kappa shape index (κ1) is 21.7. The van der Waals surface area contributed by atoms with Gasteiger partial charge in [0.05, 0.1) is 33.5 Å². The van der Waals surface area contributed by atoms with E-state index in [-0.39, 0.29) is 5.91 Å². The van der Waals surface area contributed by atoms with Crippen LogP contribution in [-0.2, 0) is 16.4 Å². The number of carbonyl (C=O) groups excluding carboxylic acids is 1. The first-order valence-electron chi connectivity index (χ1n) is 10.9. The van der Waals surface area contributed by atoms with Crippen LogP contribution >= 0.6 is 0 Å². The molecule has 1 saturated heterocycles. The quantitative estimate of drug-likeness (QED) is 0.593. The van der Waals surface area contributed by atoms with E-state index < -0.39 is 22.2 Å². The third-order valence-electron chi connectivity index (χ3n) is 6.64. The van der Waals surface area contributed by atoms with Gasteiger partial charge in [0.2, 0.25) is 0 Å². The molecule has 2 aliphatic rings. The zero-order valence-corrected chi connectivity index (χ0v) is 19.1. The summed E-state index contributed by atoms with van der Waals surface area (Å²) in [6.07, 6.45) is 4.90. The number of piperazine rings is 1. The van der Waals surface area contributed by atoms with Crippen LogP contribution < -0.4 is 0 Å². The van der Waals surface area contributed by atoms with Gasteiger partial charge in [-0.3, -0.25) is 9.78 Å². The molecule has 33 heavy (non-hydrogen) atoms. The Morgan fingerprint density at radius 3 is 2.42 bits per heavy atom. The molecule has 1 atom stereocenters. The molecule has 1 aromatic heterocycles. The molecule has 1 aliphatic heterocycles. The van der Waals surface area contributed by atoms with Crippen LogP contribution in [0.15, 0.2) is 48.7 Å². The van der Waals surface area contributed by atoms with E-state index in [2.05, 4.69) is 11.1 Å². The van der Waals surface area contributed by atoms with Crippen LogP contribution in [0.1, 0.15) is 28.8 Å². The Hall–Kier alpha value is -3.15. The molecule has 8 heteroatoms. The van der Waals surface area contributed by atoms with E-state index >= 15 is 0 Å². The van der Waals surface area contributed by atoms with Crippen LogP contribution in [0.5, 0.6) is 0 Å². The predicted octanol–water partition coefficient (Wildman–Crippen LogP) is 3.65. The number of pyridine rings is 1. The summed E-state index contributed by atoms with van der Waals surface area (Å²) >= 11 is 0. The smallest absolute Gasteiger partial charge is 0.256 e. The van der Waals surface area contributed by atoms with Crippen LogP contribution in [0.3, 0.4) is 0 Å². The van der Waals surface area contributed by atoms with E-state index in [1.165, 1.54) is 12.1 Å². The van der Waals surface area contributed by atoms with E-state index in [0.29, 0.717) is 48.2 Å². The van der Waals surface area contributed by atoms with Crippen LogP contribution in [0.2, 0.25) is 0 Å². The maximum absolute atomic E-state index is 14.2. The minimum atomic E-state index is -1.07. The number of hydrogen-bond donors (Lipinski definition) is 0. The van der Waals surface area contributed by atoms with Crippen LogP contribution in [-0.4, -0.2) is 56.7 Å². The SMILES string of the molecule is CS(=O)N1CCN(C(=O)c2cnc3ccc(F)cc3c2-c2ccc(C3(C#N)CC3)cc2)CC1. The topological polar surface area (TPSA) is 77.3 Å². The van der Waals surface area contributed by atoms with Gasteiger partial charge in [-0.15, -0.1) is 0 Å². The van der Waals surface area contributed by atoms with Crippen LogP contribution in [0.25, 0.3) is 22.0 Å². The van der Waals surface area contributed by atoms with Crippen molar-refractivity contribution in [3.63, 3.8) is 0 Å². The fraction of sp³-hybridized carbons (Fsp3) is 0.320. The molecule has 5 rings (SSSR count). The minimum Gasteiger partial charge on any atom is -0.336 e. The van der Waals surface area contributed by atoms with Crippen molar-refractivity contribution in [2.75, 3.05) is 32.4 Å². The Labute approximate surface area is 194 Å². The molecule has 1 unspecified atom stereocenters. The number of benzene rings is 2. The van der Waals surface area contributed by atoms with E-state index in [9.17, 15) is 18.7 Å². The zero-order chi connectivity index (χ0) is 23.2. The van der Waals surface area contributed by atoms with Crippen molar-refractivity contribution in [1.82, 2.24) is 14.2 Å². The molecule has 3 aromatic rings. The van der Waals surface area contributed by atoms with Gasteiger partial charge in [0.25, 0.3) is 5.91 Å². The fourth-order valence-corrected chi connectivity index (χ4v) is 5.18. The predicted molar refractivity (Wildman–Crippen MR) is 125 cm³/mol. The highest BCUT2D eigenvalue weighted by molar-refractivity contribution is 7.81. The van der Waals surface area contributed by atoms with Crippen molar-refractivity contribution in [1.29, 1.82) is 5.26 Å². The monoisotopic (exact) mass is 462 g/mol. The number of nitriles is 1. The lowest BCUT2D eigenvalue weighted by atomic mass is 9.91. The minimum absolute atomic E-state index is 0.176. The number of hydrogen-bond acceptors (Lipinski definition) is 4. The Morgan fingerprint density at radius 2 is 1.82 bits per heavy atom. The second-order valence-corrected chi connectivity index (χ2v) is 9.99. The maximum Gasteiger partial charge on any atom is 0.256 e. The van der Waals surface area contributed by atoms with Gasteiger partial charge in [-0.1, -0.05) is 24.3 Å². The fourth-order valence-electron chi connectivity index (χ4n) is 4.50. The van der Waals surface area contributed by atoms with Crippen molar-refractivity contribution in [3.05, 3.63) is 65.6 Å². The molecular formula is C25H23FN4O2S. The van der Waals surface area contributed by atoms with E-state index in [0.717, 1.165) is 24.0 Å². The van der Waals surface area contributed by atoms with Crippen molar-refractivity contribution in [2.24, 2.45) is 0 Å². The molecule has 0 radical (unpaired) electrons. The lowest BCUT2D eigenvalue weighted by Crippen LogP contribution is -2.49. The highest BCUT2D eigenvalue weighted by Gasteiger charge is 2.44. The third-order valence-corrected chi connectivity index (χ3v) is 7.73. The molecule has 1 amide bonds. The number of aromatic nitrogens is 1. The normalized spacial score (nSPS) is 18.6. The van der Waals surface area contributed by atoms with Crippen LogP contribution in [0, 0.1) is 17.1 Å². The summed E-state index contributed by atoms with van der Waals surface area (Å²) in [5, 5.41) is 10.1. The van der Waals surface area contributed by atoms with E-state index in [1.807, 2.05) is 28.6 Å². The summed E-state index contributed by atoms with van der Waals surface area (Å²) in [6.45, 7) is 1.99. The molecule has 168 valence electrons. The first-order chi connectivity index (χ1) is 15.9. The highest BCUT2D eigenvalue weighted by Crippen LogP contribution is 2.48. The molecule has 1 saturated carbocycles. The molecule has 2 aromatic carbocycles. The van der Waals surface area contributed by atoms with Gasteiger partial charge in [0.1, 0.15) is 5.82 Å². The molecule has 2 fully saturated rings. The molecule has 0 N–H and O–H groups in total. The van der Waals surface area contributed by atoms with E-state index in [1.54, 1.807) is 23.4 Å². The standard InChI is InChI=1S/C25H23FN4O2S/c1-33(32)30-12-10-29(11-13-30)24(31)21-15-28-22-7-6-19(26)14-20(22)23(21)17-2-4-18(5-3-17)25(16-27)8-9-25/h2-7,14-15H,8-13H2,1H3. The first-order valence-corrected chi connectivity index (χ1v) is 12.4. The largest absolute Gasteiger partial charge is 0.336 e. The Morgan fingerprint density at radius 1 is 1.12 bits per heavy atom. The van der Waals surface area contributed by atoms with Gasteiger partial charge in [0, 0.05) is 49.6 Å². The van der Waals surface area contributed by atoms with Crippen molar-refractivity contribution >= 4 is 27.8 Å². The Kier molecular flexibility index (Phi) is 5.47. The van der Waals surface area contributed by atoms with Crippen molar-refractivity contribution in [2.45, 2.75) is 18.3 Å². The molecular weight excluding hydrogens is 439 g/mol. The van der Waals surface area contributed by atoms with Gasteiger partial charge in [-0.2, -0.15) is 5.26 Å². The maximum atomic E-state index is 14.2. The summed E-state index contributed by atoms with van der Waals surface area (Å²) in [4.78, 5) is 19.7. The molecule has 0 spiro atoms. The van der Waals surface area contributed by atoms with Crippen molar-refractivity contribution in [3.8, 4) is 17.2 Å². The van der Waals surface area contributed by atoms with Crippen molar-refractivity contribution < 1.29 is 13.4 Å². The Balaban J connectivity index is 1.57. The molecule has 0 bridgehead atoms. The number of rotatable bonds is 4. The summed E-state index contributed by atoms with van der Waals surface area (Å²) < 4.78 is 27.8. The lowest BCUT2D eigenvalue weighted by molar-refractivity contribution is 0.0701. The zero-order valence-electron chi connectivity index (χ0n) is 18.3. The van der Waals surface area contributed by atoms with Gasteiger partial charge in [-0.05, 0) is 42.2 Å². The summed E-state index contributed by atoms with van der Waals surface area (Å²) in [6, 6.07) is 14.5. The molecule has 2 heterocycles.